The summed E-state index contributed by atoms with van der Waals surface area (Å²) < 4.78 is 10.5. The molecule has 0 fully saturated rings. The number of nitrogens with one attached hydrogen (secondary N) is 3. The van der Waals surface area contributed by atoms with Gasteiger partial charge in [-0.05, 0) is 37.5 Å². The summed E-state index contributed by atoms with van der Waals surface area (Å²) in [6, 6.07) is 5.40. The highest BCUT2D eigenvalue weighted by Crippen LogP contribution is 2.28. The smallest absolute Gasteiger partial charge is 0.338 e. The van der Waals surface area contributed by atoms with Crippen LogP contribution >= 0.6 is 11.6 Å². The molecule has 1 unspecified atom stereocenters. The second-order valence-corrected chi connectivity index (χ2v) is 7.59. The number of hydrogen-bond acceptors (Lipinski definition) is 6. The lowest BCUT2D eigenvalue weighted by molar-refractivity contribution is -0.143. The minimum atomic E-state index is -0.775. The molecule has 0 radical (unpaired) electrons. The van der Waals surface area contributed by atoms with Gasteiger partial charge in [0.1, 0.15) is 6.61 Å². The number of halogens is 1. The number of benzene rings is 1. The summed E-state index contributed by atoms with van der Waals surface area (Å²) in [7, 11) is 0. The Morgan fingerprint density at radius 2 is 1.81 bits per heavy atom. The van der Waals surface area contributed by atoms with E-state index in [0.717, 1.165) is 12.8 Å². The Morgan fingerprint density at radius 3 is 2.47 bits per heavy atom. The first-order valence-corrected chi connectivity index (χ1v) is 10.8. The van der Waals surface area contributed by atoms with Crippen LogP contribution in [-0.4, -0.2) is 43.6 Å². The number of urea groups is 1. The van der Waals surface area contributed by atoms with Crippen LogP contribution in [0.4, 0.5) is 4.79 Å². The predicted molar refractivity (Wildman–Crippen MR) is 118 cm³/mol. The van der Waals surface area contributed by atoms with Crippen LogP contribution in [0.15, 0.2) is 35.5 Å². The highest BCUT2D eigenvalue weighted by Gasteiger charge is 2.34. The number of hydrogen-bond donors (Lipinski definition) is 3. The molecule has 0 saturated carbocycles. The van der Waals surface area contributed by atoms with E-state index in [-0.39, 0.29) is 36.8 Å². The van der Waals surface area contributed by atoms with Gasteiger partial charge < -0.3 is 25.4 Å². The lowest BCUT2D eigenvalue weighted by Crippen LogP contribution is -2.47. The van der Waals surface area contributed by atoms with Crippen molar-refractivity contribution in [1.82, 2.24) is 16.0 Å². The molecule has 0 aliphatic carbocycles. The van der Waals surface area contributed by atoms with Crippen LogP contribution in [0.3, 0.4) is 0 Å². The Balaban J connectivity index is 2.05. The minimum Gasteiger partial charge on any atom is -0.463 e. The fourth-order valence-electron chi connectivity index (χ4n) is 3.15. The standard InChI is InChI=1S/C22H28ClN3O6/c1-3-31-21(29)19-17(13-32-18(28)7-5-4-6-12-24-14(2)27)25-22(30)26-20(19)15-8-10-16(23)11-9-15/h8-11,20H,3-7,12-13H2,1-2H3,(H,24,27)(H2,25,26,30). The molecule has 0 saturated heterocycles. The zero-order valence-corrected chi connectivity index (χ0v) is 18.9. The maximum atomic E-state index is 12.7. The van der Waals surface area contributed by atoms with Gasteiger partial charge in [-0.25, -0.2) is 9.59 Å². The molecule has 2 rings (SSSR count). The van der Waals surface area contributed by atoms with Crippen LogP contribution in [0, 0.1) is 0 Å². The van der Waals surface area contributed by atoms with Crippen molar-refractivity contribution in [3.05, 3.63) is 46.1 Å². The summed E-state index contributed by atoms with van der Waals surface area (Å²) in [5.41, 5.74) is 0.971. The fourth-order valence-corrected chi connectivity index (χ4v) is 3.27. The first-order valence-electron chi connectivity index (χ1n) is 10.4. The second-order valence-electron chi connectivity index (χ2n) is 7.15. The maximum Gasteiger partial charge on any atom is 0.338 e. The van der Waals surface area contributed by atoms with Crippen LogP contribution in [0.2, 0.25) is 5.02 Å². The number of amides is 3. The van der Waals surface area contributed by atoms with E-state index in [1.54, 1.807) is 31.2 Å². The number of esters is 2. The number of unbranched alkanes of at least 4 members (excludes halogenated alkanes) is 2. The third-order valence-corrected chi connectivity index (χ3v) is 4.91. The first kappa shape index (κ1) is 25.2. The summed E-state index contributed by atoms with van der Waals surface area (Å²) in [5.74, 6) is -1.16. The van der Waals surface area contributed by atoms with Crippen molar-refractivity contribution in [2.45, 2.75) is 45.6 Å². The Hall–Kier alpha value is -3.07. The van der Waals surface area contributed by atoms with E-state index in [1.807, 2.05) is 0 Å². The van der Waals surface area contributed by atoms with Gasteiger partial charge in [-0.15, -0.1) is 0 Å². The van der Waals surface area contributed by atoms with Crippen LogP contribution in [0.5, 0.6) is 0 Å². The second kappa shape index (κ2) is 12.7. The molecule has 32 heavy (non-hydrogen) atoms. The molecular weight excluding hydrogens is 438 g/mol. The molecule has 1 atom stereocenters. The van der Waals surface area contributed by atoms with Crippen molar-refractivity contribution >= 4 is 35.5 Å². The first-order chi connectivity index (χ1) is 15.3. The molecule has 1 aromatic carbocycles. The monoisotopic (exact) mass is 465 g/mol. The van der Waals surface area contributed by atoms with Gasteiger partial charge in [-0.1, -0.05) is 30.2 Å². The molecule has 3 amide bonds. The van der Waals surface area contributed by atoms with E-state index in [9.17, 15) is 19.2 Å². The molecule has 10 heteroatoms. The molecule has 3 N–H and O–H groups in total. The van der Waals surface area contributed by atoms with Crippen LogP contribution in [0.25, 0.3) is 0 Å². The van der Waals surface area contributed by atoms with Crippen molar-refractivity contribution in [2.24, 2.45) is 0 Å². The zero-order chi connectivity index (χ0) is 23.5. The Bertz CT molecular complexity index is 869. The van der Waals surface area contributed by atoms with Crippen LogP contribution in [0.1, 0.15) is 51.1 Å². The van der Waals surface area contributed by atoms with E-state index >= 15 is 0 Å². The predicted octanol–water partition coefficient (Wildman–Crippen LogP) is 2.75. The SMILES string of the molecule is CCOC(=O)C1=C(COC(=O)CCCCCNC(C)=O)NC(=O)NC1c1ccc(Cl)cc1. The zero-order valence-electron chi connectivity index (χ0n) is 18.2. The highest BCUT2D eigenvalue weighted by atomic mass is 35.5. The molecular formula is C22H28ClN3O6. The number of ether oxygens (including phenoxy) is 2. The lowest BCUT2D eigenvalue weighted by atomic mass is 9.95. The number of rotatable bonds is 11. The van der Waals surface area contributed by atoms with Crippen molar-refractivity contribution in [3.63, 3.8) is 0 Å². The molecule has 1 aliphatic rings. The van der Waals surface area contributed by atoms with Gasteiger partial charge >= 0.3 is 18.0 Å². The van der Waals surface area contributed by atoms with Gasteiger partial charge in [0.2, 0.25) is 5.91 Å². The largest absolute Gasteiger partial charge is 0.463 e. The third-order valence-electron chi connectivity index (χ3n) is 4.66. The molecule has 1 aromatic rings. The Labute approximate surface area is 191 Å². The molecule has 0 aromatic heterocycles. The van der Waals surface area contributed by atoms with Gasteiger partial charge in [0.15, 0.2) is 0 Å². The fraction of sp³-hybridized carbons (Fsp3) is 0.455. The van der Waals surface area contributed by atoms with Gasteiger partial charge in [0, 0.05) is 24.9 Å². The molecule has 9 nitrogen and oxygen atoms in total. The normalized spacial score (nSPS) is 15.5. The van der Waals surface area contributed by atoms with Crippen molar-refractivity contribution in [1.29, 1.82) is 0 Å². The number of carbonyl (C=O) groups excluding carboxylic acids is 4. The van der Waals surface area contributed by atoms with E-state index in [0.29, 0.717) is 23.6 Å². The Morgan fingerprint density at radius 1 is 1.09 bits per heavy atom. The number of carbonyl (C=O) groups is 4. The van der Waals surface area contributed by atoms with Crippen molar-refractivity contribution < 1.29 is 28.7 Å². The van der Waals surface area contributed by atoms with Gasteiger partial charge in [0.25, 0.3) is 0 Å². The van der Waals surface area contributed by atoms with E-state index < -0.39 is 24.0 Å². The molecule has 0 bridgehead atoms. The van der Waals surface area contributed by atoms with E-state index in [4.69, 9.17) is 21.1 Å². The Kier molecular flexibility index (Phi) is 10.0. The van der Waals surface area contributed by atoms with Crippen LogP contribution < -0.4 is 16.0 Å². The van der Waals surface area contributed by atoms with Gasteiger partial charge in [-0.2, -0.15) is 0 Å². The summed E-state index contributed by atoms with van der Waals surface area (Å²) in [6.07, 6.45) is 2.30. The summed E-state index contributed by atoms with van der Waals surface area (Å²) in [4.78, 5) is 47.8. The van der Waals surface area contributed by atoms with E-state index in [2.05, 4.69) is 16.0 Å². The third kappa shape index (κ3) is 7.88. The topological polar surface area (TPSA) is 123 Å². The molecule has 1 heterocycles. The van der Waals surface area contributed by atoms with E-state index in [1.165, 1.54) is 6.92 Å². The summed E-state index contributed by atoms with van der Waals surface area (Å²) in [5, 5.41) is 8.46. The van der Waals surface area contributed by atoms with Crippen molar-refractivity contribution in [2.75, 3.05) is 19.8 Å². The van der Waals surface area contributed by atoms with Crippen molar-refractivity contribution in [3.8, 4) is 0 Å². The van der Waals surface area contributed by atoms with Gasteiger partial charge in [-0.3, -0.25) is 9.59 Å². The molecule has 174 valence electrons. The van der Waals surface area contributed by atoms with Gasteiger partial charge in [0.05, 0.1) is 23.9 Å². The average Bonchev–Trinajstić information content (AvgIpc) is 2.74. The molecule has 0 spiro atoms. The summed E-state index contributed by atoms with van der Waals surface area (Å²) >= 11 is 5.95. The quantitative estimate of drug-likeness (QED) is 0.341. The minimum absolute atomic E-state index is 0.0870. The maximum absolute atomic E-state index is 12.7. The average molecular weight is 466 g/mol. The summed E-state index contributed by atoms with van der Waals surface area (Å²) in [6.45, 7) is 3.57. The highest BCUT2D eigenvalue weighted by molar-refractivity contribution is 6.30. The molecule has 1 aliphatic heterocycles. The lowest BCUT2D eigenvalue weighted by Gasteiger charge is -2.29. The van der Waals surface area contributed by atoms with Crippen LogP contribution in [-0.2, 0) is 23.9 Å².